The van der Waals surface area contributed by atoms with Gasteiger partial charge in [0.15, 0.2) is 0 Å². The van der Waals surface area contributed by atoms with Crippen LogP contribution in [-0.2, 0) is 22.4 Å². The molecule has 5 nitrogen and oxygen atoms in total. The number of rotatable bonds is 5. The third kappa shape index (κ3) is 4.55. The number of anilines is 1. The number of benzene rings is 2. The van der Waals surface area contributed by atoms with Gasteiger partial charge < -0.3 is 5.32 Å². The predicted octanol–water partition coefficient (Wildman–Crippen LogP) is 4.18. The molecule has 29 heavy (non-hydrogen) atoms. The Bertz CT molecular complexity index is 994. The molecule has 1 saturated heterocycles. The van der Waals surface area contributed by atoms with Crippen LogP contribution in [0, 0.1) is 11.3 Å². The van der Waals surface area contributed by atoms with Gasteiger partial charge in [0, 0.05) is 17.2 Å². The molecule has 7 heteroatoms. The van der Waals surface area contributed by atoms with Gasteiger partial charge in [-0.25, -0.2) is 0 Å². The lowest BCUT2D eigenvalue weighted by molar-refractivity contribution is -0.117. The zero-order valence-electron chi connectivity index (χ0n) is 16.1. The standard InChI is InChI=1S/C22H20BrN3O2S/c1-3-14-4-6-15(7-5-14)12-19-21(28)26(17-10-8-16(23)9-11-17)22(29-19)18(13-24)20(27)25-2/h4-11,19H,3,12H2,1-2H3,(H,25,27)/b22-18-. The van der Waals surface area contributed by atoms with E-state index in [-0.39, 0.29) is 11.5 Å². The van der Waals surface area contributed by atoms with Crippen molar-refractivity contribution >= 4 is 45.2 Å². The van der Waals surface area contributed by atoms with E-state index in [1.165, 1.54) is 29.3 Å². The van der Waals surface area contributed by atoms with Gasteiger partial charge in [-0.15, -0.1) is 0 Å². The van der Waals surface area contributed by atoms with Gasteiger partial charge in [-0.05, 0) is 48.2 Å². The highest BCUT2D eigenvalue weighted by molar-refractivity contribution is 9.10. The average Bonchev–Trinajstić information content (AvgIpc) is 3.05. The summed E-state index contributed by atoms with van der Waals surface area (Å²) in [6.07, 6.45) is 1.48. The minimum absolute atomic E-state index is 0.0578. The Morgan fingerprint density at radius 2 is 1.79 bits per heavy atom. The third-order valence-corrected chi connectivity index (χ3v) is 6.46. The summed E-state index contributed by atoms with van der Waals surface area (Å²) in [5.74, 6) is -0.638. The smallest absolute Gasteiger partial charge is 0.264 e. The number of hydrogen-bond donors (Lipinski definition) is 1. The van der Waals surface area contributed by atoms with Crippen molar-refractivity contribution in [2.75, 3.05) is 11.9 Å². The number of aryl methyl sites for hydroxylation is 1. The Labute approximate surface area is 182 Å². The van der Waals surface area contributed by atoms with Gasteiger partial charge in [0.25, 0.3) is 5.91 Å². The number of hydrogen-bond acceptors (Lipinski definition) is 4. The lowest BCUT2D eigenvalue weighted by Crippen LogP contribution is -2.31. The van der Waals surface area contributed by atoms with Gasteiger partial charge in [0.1, 0.15) is 16.7 Å². The van der Waals surface area contributed by atoms with Crippen molar-refractivity contribution in [3.63, 3.8) is 0 Å². The Morgan fingerprint density at radius 1 is 1.17 bits per heavy atom. The van der Waals surface area contributed by atoms with Gasteiger partial charge in [-0.2, -0.15) is 5.26 Å². The van der Waals surface area contributed by atoms with Crippen molar-refractivity contribution in [2.45, 2.75) is 25.0 Å². The lowest BCUT2D eigenvalue weighted by Gasteiger charge is -2.18. The van der Waals surface area contributed by atoms with Crippen LogP contribution in [0.5, 0.6) is 0 Å². The summed E-state index contributed by atoms with van der Waals surface area (Å²) >= 11 is 4.66. The van der Waals surface area contributed by atoms with Crippen LogP contribution in [0.3, 0.4) is 0 Å². The van der Waals surface area contributed by atoms with E-state index in [1.54, 1.807) is 12.1 Å². The van der Waals surface area contributed by atoms with Gasteiger partial charge in [0.2, 0.25) is 5.91 Å². The van der Waals surface area contributed by atoms with Gasteiger partial charge >= 0.3 is 0 Å². The Morgan fingerprint density at radius 3 is 2.34 bits per heavy atom. The average molecular weight is 470 g/mol. The van der Waals surface area contributed by atoms with Crippen molar-refractivity contribution in [2.24, 2.45) is 0 Å². The van der Waals surface area contributed by atoms with Gasteiger partial charge in [-0.3, -0.25) is 14.5 Å². The van der Waals surface area contributed by atoms with E-state index in [9.17, 15) is 14.9 Å². The monoisotopic (exact) mass is 469 g/mol. The molecule has 2 aromatic rings. The van der Waals surface area contributed by atoms with Crippen LogP contribution < -0.4 is 10.2 Å². The molecule has 0 spiro atoms. The Balaban J connectivity index is 2.00. The first-order valence-corrected chi connectivity index (χ1v) is 10.9. The topological polar surface area (TPSA) is 73.2 Å². The number of carbonyl (C=O) groups excluding carboxylic acids is 2. The molecule has 1 aliphatic heterocycles. The SMILES string of the molecule is CCc1ccc(CC2S/C(=C(/C#N)C(=O)NC)N(c3ccc(Br)cc3)C2=O)cc1. The number of nitrogens with zero attached hydrogens (tertiary/aromatic N) is 2. The Hall–Kier alpha value is -2.56. The second-order valence-electron chi connectivity index (χ2n) is 6.50. The second-order valence-corrected chi connectivity index (χ2v) is 8.61. The quantitative estimate of drug-likeness (QED) is 0.526. The normalized spacial score (nSPS) is 17.8. The van der Waals surface area contributed by atoms with Gasteiger partial charge in [0.05, 0.1) is 5.25 Å². The molecule has 0 radical (unpaired) electrons. The highest BCUT2D eigenvalue weighted by atomic mass is 79.9. The number of nitriles is 1. The number of nitrogens with one attached hydrogen (secondary N) is 1. The summed E-state index contributed by atoms with van der Waals surface area (Å²) in [5, 5.41) is 12.0. The Kier molecular flexibility index (Phi) is 6.78. The first-order valence-electron chi connectivity index (χ1n) is 9.19. The van der Waals surface area contributed by atoms with E-state index in [1.807, 2.05) is 30.3 Å². The molecule has 1 unspecified atom stereocenters. The zero-order valence-corrected chi connectivity index (χ0v) is 18.5. The van der Waals surface area contributed by atoms with Crippen LogP contribution >= 0.6 is 27.7 Å². The molecule has 1 heterocycles. The molecule has 1 aliphatic rings. The molecule has 2 amide bonds. The van der Waals surface area contributed by atoms with Crippen LogP contribution in [0.15, 0.2) is 63.6 Å². The van der Waals surface area contributed by atoms with E-state index in [0.29, 0.717) is 17.1 Å². The van der Waals surface area contributed by atoms with E-state index < -0.39 is 11.2 Å². The maximum Gasteiger partial charge on any atom is 0.264 e. The summed E-state index contributed by atoms with van der Waals surface area (Å²) in [6.45, 7) is 2.10. The number of halogens is 1. The van der Waals surface area contributed by atoms with Crippen molar-refractivity contribution < 1.29 is 9.59 Å². The molecular formula is C22H20BrN3O2S. The van der Waals surface area contributed by atoms with Crippen molar-refractivity contribution in [1.29, 1.82) is 5.26 Å². The van der Waals surface area contributed by atoms with E-state index >= 15 is 0 Å². The molecule has 148 valence electrons. The van der Waals surface area contributed by atoms with Crippen LogP contribution in [-0.4, -0.2) is 24.1 Å². The molecule has 2 aromatic carbocycles. The summed E-state index contributed by atoms with van der Waals surface area (Å²) in [5.41, 5.74) is 2.85. The molecular weight excluding hydrogens is 450 g/mol. The fourth-order valence-corrected chi connectivity index (χ4v) is 4.63. The van der Waals surface area contributed by atoms with Crippen LogP contribution in [0.4, 0.5) is 5.69 Å². The van der Waals surface area contributed by atoms with Crippen molar-refractivity contribution in [1.82, 2.24) is 5.32 Å². The first-order chi connectivity index (χ1) is 14.0. The molecule has 3 rings (SSSR count). The van der Waals surface area contributed by atoms with Crippen molar-refractivity contribution in [3.05, 3.63) is 74.7 Å². The largest absolute Gasteiger partial charge is 0.354 e. The molecule has 0 bridgehead atoms. The molecule has 1 atom stereocenters. The summed E-state index contributed by atoms with van der Waals surface area (Å²) in [7, 11) is 1.47. The minimum atomic E-state index is -0.502. The number of amides is 2. The molecule has 0 saturated carbocycles. The third-order valence-electron chi connectivity index (χ3n) is 4.67. The summed E-state index contributed by atoms with van der Waals surface area (Å²) in [6, 6.07) is 17.4. The molecule has 0 aliphatic carbocycles. The number of carbonyl (C=O) groups is 2. The summed E-state index contributed by atoms with van der Waals surface area (Å²) < 4.78 is 0.880. The van der Waals surface area contributed by atoms with Crippen molar-refractivity contribution in [3.8, 4) is 6.07 Å². The maximum atomic E-state index is 13.3. The van der Waals surface area contributed by atoms with Crippen LogP contribution in [0.25, 0.3) is 0 Å². The highest BCUT2D eigenvalue weighted by Crippen LogP contribution is 2.42. The van der Waals surface area contributed by atoms with E-state index in [2.05, 4.69) is 40.3 Å². The first kappa shape index (κ1) is 21.2. The lowest BCUT2D eigenvalue weighted by atomic mass is 10.1. The van der Waals surface area contributed by atoms with E-state index in [4.69, 9.17) is 0 Å². The van der Waals surface area contributed by atoms with Gasteiger partial charge in [-0.1, -0.05) is 58.9 Å². The molecule has 1 N–H and O–H groups in total. The van der Waals surface area contributed by atoms with E-state index in [0.717, 1.165) is 16.5 Å². The minimum Gasteiger partial charge on any atom is -0.354 e. The second kappa shape index (κ2) is 9.29. The number of likely N-dealkylation sites (N-methyl/N-ethyl adjacent to an activating group) is 1. The fourth-order valence-electron chi connectivity index (χ4n) is 3.06. The molecule has 0 aromatic heterocycles. The summed E-state index contributed by atoms with van der Waals surface area (Å²) in [4.78, 5) is 27.0. The van der Waals surface area contributed by atoms with Crippen LogP contribution in [0.2, 0.25) is 0 Å². The van der Waals surface area contributed by atoms with Crippen LogP contribution in [0.1, 0.15) is 18.1 Å². The predicted molar refractivity (Wildman–Crippen MR) is 119 cm³/mol. The zero-order chi connectivity index (χ0) is 21.0. The molecule has 1 fully saturated rings. The maximum absolute atomic E-state index is 13.3. The highest BCUT2D eigenvalue weighted by Gasteiger charge is 2.40. The number of thioether (sulfide) groups is 1. The fraction of sp³-hybridized carbons (Fsp3) is 0.227.